The Balaban J connectivity index is 2.35. The summed E-state index contributed by atoms with van der Waals surface area (Å²) in [6.07, 6.45) is -0.523. The van der Waals surface area contributed by atoms with Crippen LogP contribution in [0.15, 0.2) is 53.4 Å². The van der Waals surface area contributed by atoms with Crippen molar-refractivity contribution in [1.29, 1.82) is 5.26 Å². The van der Waals surface area contributed by atoms with Crippen LogP contribution >= 0.6 is 0 Å². The van der Waals surface area contributed by atoms with Crippen LogP contribution < -0.4 is 0 Å². The topological polar surface area (TPSA) is 78.2 Å². The minimum atomic E-state index is -3.70. The molecule has 0 fully saturated rings. The molecule has 1 unspecified atom stereocenters. The molecule has 0 amide bonds. The Morgan fingerprint density at radius 2 is 1.43 bits per heavy atom. The Labute approximate surface area is 136 Å². The third-order valence-corrected chi connectivity index (χ3v) is 6.16. The molecule has 0 bridgehead atoms. The molecule has 1 atom stereocenters. The monoisotopic (exact) mass is 329 g/mol. The van der Waals surface area contributed by atoms with Crippen molar-refractivity contribution >= 4 is 9.84 Å². The summed E-state index contributed by atoms with van der Waals surface area (Å²) in [7, 11) is -3.70. The van der Waals surface area contributed by atoms with Crippen molar-refractivity contribution in [3.8, 4) is 17.2 Å². The number of hydrogen-bond acceptors (Lipinski definition) is 4. The Morgan fingerprint density at radius 3 is 1.83 bits per heavy atom. The summed E-state index contributed by atoms with van der Waals surface area (Å²) in [5.74, 6) is 0. The summed E-state index contributed by atoms with van der Waals surface area (Å²) in [6.45, 7) is 4.49. The fourth-order valence-electron chi connectivity index (χ4n) is 2.14. The Hall–Kier alpha value is -2.16. The van der Waals surface area contributed by atoms with Crippen molar-refractivity contribution in [2.45, 2.75) is 36.5 Å². The Kier molecular flexibility index (Phi) is 4.60. The molecule has 4 nitrogen and oxygen atoms in total. The maximum absolute atomic E-state index is 12.4. The summed E-state index contributed by atoms with van der Waals surface area (Å²) in [4.78, 5) is 0.133. The second-order valence-electron chi connectivity index (χ2n) is 5.95. The number of sulfone groups is 1. The van der Waals surface area contributed by atoms with Gasteiger partial charge in [-0.1, -0.05) is 36.4 Å². The number of aliphatic hydroxyl groups excluding tert-OH is 1. The van der Waals surface area contributed by atoms with Crippen LogP contribution in [0.1, 0.15) is 32.4 Å². The van der Waals surface area contributed by atoms with Crippen LogP contribution in [0.2, 0.25) is 0 Å². The van der Waals surface area contributed by atoms with E-state index in [1.54, 1.807) is 19.1 Å². The van der Waals surface area contributed by atoms with Crippen LogP contribution in [0.3, 0.4) is 0 Å². The summed E-state index contributed by atoms with van der Waals surface area (Å²) in [6, 6.07) is 15.7. The third kappa shape index (κ3) is 3.29. The lowest BCUT2D eigenvalue weighted by Crippen LogP contribution is -2.29. The van der Waals surface area contributed by atoms with Gasteiger partial charge in [-0.15, -0.1) is 0 Å². The molecule has 0 saturated heterocycles. The number of nitriles is 1. The van der Waals surface area contributed by atoms with Crippen LogP contribution in [0.4, 0.5) is 0 Å². The number of hydrogen-bond donors (Lipinski definition) is 1. The van der Waals surface area contributed by atoms with E-state index in [1.165, 1.54) is 26.0 Å². The SMILES string of the molecule is CC(O)c1ccc(-c2ccc(S(=O)(=O)C(C)(C)C#N)cc2)cc1. The highest BCUT2D eigenvalue weighted by Gasteiger charge is 2.35. The number of benzene rings is 2. The van der Waals surface area contributed by atoms with Gasteiger partial charge in [-0.2, -0.15) is 5.26 Å². The van der Waals surface area contributed by atoms with Gasteiger partial charge in [-0.3, -0.25) is 0 Å². The average molecular weight is 329 g/mol. The maximum Gasteiger partial charge on any atom is 0.196 e. The largest absolute Gasteiger partial charge is 0.389 e. The first kappa shape index (κ1) is 17.2. The lowest BCUT2D eigenvalue weighted by Gasteiger charge is -2.16. The van der Waals surface area contributed by atoms with Gasteiger partial charge in [0.2, 0.25) is 0 Å². The van der Waals surface area contributed by atoms with E-state index in [0.717, 1.165) is 16.7 Å². The molecular weight excluding hydrogens is 310 g/mol. The molecule has 0 saturated carbocycles. The van der Waals surface area contributed by atoms with Crippen molar-refractivity contribution < 1.29 is 13.5 Å². The average Bonchev–Trinajstić information content (AvgIpc) is 2.55. The fourth-order valence-corrected chi connectivity index (χ4v) is 3.34. The van der Waals surface area contributed by atoms with E-state index in [0.29, 0.717) is 0 Å². The minimum absolute atomic E-state index is 0.133. The van der Waals surface area contributed by atoms with Crippen molar-refractivity contribution in [3.05, 3.63) is 54.1 Å². The van der Waals surface area contributed by atoms with Crippen molar-refractivity contribution in [2.24, 2.45) is 0 Å². The van der Waals surface area contributed by atoms with Crippen LogP contribution in [0.25, 0.3) is 11.1 Å². The van der Waals surface area contributed by atoms with E-state index in [2.05, 4.69) is 0 Å². The smallest absolute Gasteiger partial charge is 0.196 e. The predicted octanol–water partition coefficient (Wildman–Crippen LogP) is 3.48. The predicted molar refractivity (Wildman–Crippen MR) is 89.4 cm³/mol. The van der Waals surface area contributed by atoms with Gasteiger partial charge in [0.05, 0.1) is 17.1 Å². The van der Waals surface area contributed by atoms with E-state index in [4.69, 9.17) is 5.26 Å². The zero-order valence-electron chi connectivity index (χ0n) is 13.3. The molecule has 0 radical (unpaired) electrons. The van der Waals surface area contributed by atoms with Crippen molar-refractivity contribution in [3.63, 3.8) is 0 Å². The lowest BCUT2D eigenvalue weighted by molar-refractivity contribution is 0.199. The molecule has 2 rings (SSSR count). The first-order valence-electron chi connectivity index (χ1n) is 7.23. The van der Waals surface area contributed by atoms with Gasteiger partial charge < -0.3 is 5.11 Å². The van der Waals surface area contributed by atoms with Gasteiger partial charge in [0, 0.05) is 0 Å². The first-order valence-corrected chi connectivity index (χ1v) is 8.72. The molecule has 0 aliphatic carbocycles. The third-order valence-electron chi connectivity index (χ3n) is 3.83. The van der Waals surface area contributed by atoms with Crippen molar-refractivity contribution in [1.82, 2.24) is 0 Å². The molecule has 0 spiro atoms. The van der Waals surface area contributed by atoms with E-state index >= 15 is 0 Å². The lowest BCUT2D eigenvalue weighted by atomic mass is 10.0. The van der Waals surface area contributed by atoms with Gasteiger partial charge in [0.1, 0.15) is 0 Å². The second-order valence-corrected chi connectivity index (χ2v) is 8.45. The summed E-state index contributed by atoms with van der Waals surface area (Å²) in [5.41, 5.74) is 2.62. The molecule has 1 N–H and O–H groups in total. The standard InChI is InChI=1S/C18H19NO3S/c1-13(20)14-4-6-15(7-5-14)16-8-10-17(11-9-16)23(21,22)18(2,3)12-19/h4-11,13,20H,1-3H3. The van der Waals surface area contributed by atoms with Crippen molar-refractivity contribution in [2.75, 3.05) is 0 Å². The van der Waals surface area contributed by atoms with E-state index < -0.39 is 20.7 Å². The van der Waals surface area contributed by atoms with E-state index in [1.807, 2.05) is 30.3 Å². The molecule has 5 heteroatoms. The molecule has 0 heterocycles. The highest BCUT2D eigenvalue weighted by Crippen LogP contribution is 2.28. The minimum Gasteiger partial charge on any atom is -0.389 e. The molecular formula is C18H19NO3S. The quantitative estimate of drug-likeness (QED) is 0.931. The highest BCUT2D eigenvalue weighted by atomic mass is 32.2. The van der Waals surface area contributed by atoms with Crippen LogP contribution in [0, 0.1) is 11.3 Å². The fraction of sp³-hybridized carbons (Fsp3) is 0.278. The molecule has 2 aromatic rings. The molecule has 0 aliphatic heterocycles. The van der Waals surface area contributed by atoms with Gasteiger partial charge in [0.25, 0.3) is 0 Å². The maximum atomic E-state index is 12.4. The summed E-state index contributed by atoms with van der Waals surface area (Å²) >= 11 is 0. The van der Waals surface area contributed by atoms with Crippen LogP contribution in [-0.2, 0) is 9.84 Å². The number of aliphatic hydroxyl groups is 1. The van der Waals surface area contributed by atoms with Gasteiger partial charge in [-0.25, -0.2) is 8.42 Å². The van der Waals surface area contributed by atoms with Gasteiger partial charge in [-0.05, 0) is 49.6 Å². The van der Waals surface area contributed by atoms with Gasteiger partial charge >= 0.3 is 0 Å². The molecule has 120 valence electrons. The normalized spacial score (nSPS) is 13.3. The van der Waals surface area contributed by atoms with Gasteiger partial charge in [0.15, 0.2) is 14.6 Å². The van der Waals surface area contributed by atoms with Crippen LogP contribution in [0.5, 0.6) is 0 Å². The summed E-state index contributed by atoms with van der Waals surface area (Å²) in [5, 5.41) is 18.6. The highest BCUT2D eigenvalue weighted by molar-refractivity contribution is 7.93. The first-order chi connectivity index (χ1) is 10.7. The molecule has 0 aliphatic rings. The Bertz CT molecular complexity index is 827. The molecule has 23 heavy (non-hydrogen) atoms. The number of rotatable bonds is 4. The molecule has 2 aromatic carbocycles. The summed E-state index contributed by atoms with van der Waals surface area (Å²) < 4.78 is 23.3. The van der Waals surface area contributed by atoms with E-state index in [9.17, 15) is 13.5 Å². The number of nitrogens with zero attached hydrogens (tertiary/aromatic N) is 1. The van der Waals surface area contributed by atoms with E-state index in [-0.39, 0.29) is 4.90 Å². The Morgan fingerprint density at radius 1 is 1.00 bits per heavy atom. The zero-order valence-corrected chi connectivity index (χ0v) is 14.1. The molecule has 0 aromatic heterocycles. The van der Waals surface area contributed by atoms with Crippen LogP contribution in [-0.4, -0.2) is 18.3 Å². The second kappa shape index (κ2) is 6.15. The zero-order chi connectivity index (χ0) is 17.3.